The van der Waals surface area contributed by atoms with E-state index in [2.05, 4.69) is 42.8 Å². The third-order valence-electron chi connectivity index (χ3n) is 3.44. The molecule has 0 saturated heterocycles. The predicted molar refractivity (Wildman–Crippen MR) is 89.3 cm³/mol. The number of hydrogen-bond acceptors (Lipinski definition) is 3. The van der Waals surface area contributed by atoms with E-state index in [1.807, 2.05) is 30.0 Å². The van der Waals surface area contributed by atoms with Crippen molar-refractivity contribution in [1.82, 2.24) is 5.32 Å². The van der Waals surface area contributed by atoms with Gasteiger partial charge >= 0.3 is 0 Å². The molecule has 2 aromatic rings. The van der Waals surface area contributed by atoms with Crippen molar-refractivity contribution in [1.29, 1.82) is 0 Å². The standard InChI is InChI=1S/C17H23NOS/c1-13(12-20-2)10-18-11-17(19)16-8-7-14-5-3-4-6-15(14)9-16/h3-9,13,17-19H,10-12H2,1-2H3. The van der Waals surface area contributed by atoms with Crippen LogP contribution in [-0.2, 0) is 0 Å². The third-order valence-corrected chi connectivity index (χ3v) is 4.34. The van der Waals surface area contributed by atoms with Crippen molar-refractivity contribution >= 4 is 22.5 Å². The number of nitrogens with one attached hydrogen (secondary N) is 1. The molecule has 0 aliphatic carbocycles. The van der Waals surface area contributed by atoms with Crippen LogP contribution in [0, 0.1) is 5.92 Å². The lowest BCUT2D eigenvalue weighted by molar-refractivity contribution is 0.173. The number of benzene rings is 2. The molecule has 0 spiro atoms. The molecule has 2 unspecified atom stereocenters. The summed E-state index contributed by atoms with van der Waals surface area (Å²) in [5, 5.41) is 16.0. The first-order valence-corrected chi connectivity index (χ1v) is 8.46. The minimum Gasteiger partial charge on any atom is -0.387 e. The first-order chi connectivity index (χ1) is 9.70. The fourth-order valence-electron chi connectivity index (χ4n) is 2.34. The van der Waals surface area contributed by atoms with Gasteiger partial charge in [-0.3, -0.25) is 0 Å². The van der Waals surface area contributed by atoms with Crippen LogP contribution in [0.25, 0.3) is 10.8 Å². The number of aliphatic hydroxyl groups is 1. The molecule has 0 saturated carbocycles. The quantitative estimate of drug-likeness (QED) is 0.818. The number of hydrogen-bond donors (Lipinski definition) is 2. The molecule has 108 valence electrons. The van der Waals surface area contributed by atoms with Crippen LogP contribution in [-0.4, -0.2) is 30.2 Å². The molecule has 0 radical (unpaired) electrons. The monoisotopic (exact) mass is 289 g/mol. The first-order valence-electron chi connectivity index (χ1n) is 7.07. The minimum absolute atomic E-state index is 0.443. The van der Waals surface area contributed by atoms with Crippen LogP contribution in [0.15, 0.2) is 42.5 Å². The summed E-state index contributed by atoms with van der Waals surface area (Å²) in [5.74, 6) is 1.79. The summed E-state index contributed by atoms with van der Waals surface area (Å²) >= 11 is 1.86. The molecule has 0 heterocycles. The summed E-state index contributed by atoms with van der Waals surface area (Å²) in [6, 6.07) is 14.4. The topological polar surface area (TPSA) is 32.3 Å². The Morgan fingerprint density at radius 2 is 1.85 bits per heavy atom. The maximum atomic E-state index is 10.3. The minimum atomic E-state index is -0.443. The Morgan fingerprint density at radius 3 is 2.60 bits per heavy atom. The molecule has 2 N–H and O–H groups in total. The van der Waals surface area contributed by atoms with E-state index in [9.17, 15) is 5.11 Å². The Morgan fingerprint density at radius 1 is 1.10 bits per heavy atom. The largest absolute Gasteiger partial charge is 0.387 e. The average molecular weight is 289 g/mol. The third kappa shape index (κ3) is 4.23. The van der Waals surface area contributed by atoms with Crippen molar-refractivity contribution in [3.8, 4) is 0 Å². The van der Waals surface area contributed by atoms with E-state index in [4.69, 9.17) is 0 Å². The fourth-order valence-corrected chi connectivity index (χ4v) is 3.03. The Labute approximate surface area is 125 Å². The zero-order chi connectivity index (χ0) is 14.4. The molecule has 2 atom stereocenters. The van der Waals surface area contributed by atoms with Gasteiger partial charge in [0.15, 0.2) is 0 Å². The summed E-state index contributed by atoms with van der Waals surface area (Å²) < 4.78 is 0. The van der Waals surface area contributed by atoms with E-state index >= 15 is 0 Å². The molecule has 0 bridgehead atoms. The van der Waals surface area contributed by atoms with Crippen molar-refractivity contribution in [3.05, 3.63) is 48.0 Å². The van der Waals surface area contributed by atoms with Gasteiger partial charge in [-0.25, -0.2) is 0 Å². The van der Waals surface area contributed by atoms with Gasteiger partial charge in [-0.1, -0.05) is 43.3 Å². The molecule has 0 aromatic heterocycles. The molecular formula is C17H23NOS. The molecule has 20 heavy (non-hydrogen) atoms. The molecule has 0 aliphatic heterocycles. The van der Waals surface area contributed by atoms with E-state index in [1.165, 1.54) is 10.8 Å². The number of thioether (sulfide) groups is 1. The van der Waals surface area contributed by atoms with Gasteiger partial charge in [-0.2, -0.15) is 11.8 Å². The molecule has 2 nitrogen and oxygen atoms in total. The maximum Gasteiger partial charge on any atom is 0.0914 e. The molecule has 2 rings (SSSR count). The van der Waals surface area contributed by atoms with Gasteiger partial charge in [0.1, 0.15) is 0 Å². The van der Waals surface area contributed by atoms with Gasteiger partial charge < -0.3 is 10.4 Å². The zero-order valence-electron chi connectivity index (χ0n) is 12.2. The molecule has 2 aromatic carbocycles. The molecule has 0 fully saturated rings. The molecule has 3 heteroatoms. The number of fused-ring (bicyclic) bond motifs is 1. The first kappa shape index (κ1) is 15.4. The fraction of sp³-hybridized carbons (Fsp3) is 0.412. The van der Waals surface area contributed by atoms with Gasteiger partial charge in [0, 0.05) is 6.54 Å². The van der Waals surface area contributed by atoms with Gasteiger partial charge in [0.05, 0.1) is 6.10 Å². The van der Waals surface area contributed by atoms with Crippen LogP contribution < -0.4 is 5.32 Å². The summed E-state index contributed by atoms with van der Waals surface area (Å²) in [7, 11) is 0. The van der Waals surface area contributed by atoms with Gasteiger partial charge in [0.25, 0.3) is 0 Å². The SMILES string of the molecule is CSCC(C)CNCC(O)c1ccc2ccccc2c1. The normalized spacial score (nSPS) is 14.3. The Balaban J connectivity index is 1.92. The van der Waals surface area contributed by atoms with Crippen molar-refractivity contribution < 1.29 is 5.11 Å². The van der Waals surface area contributed by atoms with Crippen LogP contribution in [0.5, 0.6) is 0 Å². The molecular weight excluding hydrogens is 266 g/mol. The van der Waals surface area contributed by atoms with Crippen LogP contribution in [0.2, 0.25) is 0 Å². The Kier molecular flexibility index (Phi) is 5.89. The lowest BCUT2D eigenvalue weighted by Crippen LogP contribution is -2.27. The van der Waals surface area contributed by atoms with Crippen LogP contribution >= 0.6 is 11.8 Å². The highest BCUT2D eigenvalue weighted by Gasteiger charge is 2.08. The number of rotatable bonds is 7. The highest BCUT2D eigenvalue weighted by atomic mass is 32.2. The van der Waals surface area contributed by atoms with Gasteiger partial charge in [-0.15, -0.1) is 0 Å². The predicted octanol–water partition coefficient (Wildman–Crippen LogP) is 3.46. The second kappa shape index (κ2) is 7.67. The van der Waals surface area contributed by atoms with E-state index in [-0.39, 0.29) is 0 Å². The smallest absolute Gasteiger partial charge is 0.0914 e. The maximum absolute atomic E-state index is 10.3. The van der Waals surface area contributed by atoms with E-state index < -0.39 is 6.10 Å². The summed E-state index contributed by atoms with van der Waals surface area (Å²) in [4.78, 5) is 0. The Hall–Kier alpha value is -1.03. The zero-order valence-corrected chi connectivity index (χ0v) is 13.0. The number of aliphatic hydroxyl groups excluding tert-OH is 1. The average Bonchev–Trinajstić information content (AvgIpc) is 2.47. The van der Waals surface area contributed by atoms with Gasteiger partial charge in [0.2, 0.25) is 0 Å². The van der Waals surface area contributed by atoms with Crippen LogP contribution in [0.3, 0.4) is 0 Å². The van der Waals surface area contributed by atoms with E-state index in [0.717, 1.165) is 17.9 Å². The second-order valence-electron chi connectivity index (χ2n) is 5.34. The highest BCUT2D eigenvalue weighted by molar-refractivity contribution is 7.98. The van der Waals surface area contributed by atoms with E-state index in [1.54, 1.807) is 0 Å². The molecule has 0 aliphatic rings. The van der Waals surface area contributed by atoms with Crippen molar-refractivity contribution in [2.24, 2.45) is 5.92 Å². The van der Waals surface area contributed by atoms with Gasteiger partial charge in [-0.05, 0) is 46.9 Å². The lowest BCUT2D eigenvalue weighted by atomic mass is 10.0. The lowest BCUT2D eigenvalue weighted by Gasteiger charge is -2.15. The van der Waals surface area contributed by atoms with Crippen LogP contribution in [0.4, 0.5) is 0 Å². The Bertz CT molecular complexity index is 543. The summed E-state index contributed by atoms with van der Waals surface area (Å²) in [6.07, 6.45) is 1.68. The van der Waals surface area contributed by atoms with Crippen molar-refractivity contribution in [2.75, 3.05) is 25.1 Å². The summed E-state index contributed by atoms with van der Waals surface area (Å²) in [5.41, 5.74) is 0.980. The summed E-state index contributed by atoms with van der Waals surface area (Å²) in [6.45, 7) is 3.79. The van der Waals surface area contributed by atoms with Crippen molar-refractivity contribution in [2.45, 2.75) is 13.0 Å². The van der Waals surface area contributed by atoms with Crippen LogP contribution in [0.1, 0.15) is 18.6 Å². The second-order valence-corrected chi connectivity index (χ2v) is 6.25. The van der Waals surface area contributed by atoms with E-state index in [0.29, 0.717) is 12.5 Å². The van der Waals surface area contributed by atoms with Crippen molar-refractivity contribution in [3.63, 3.8) is 0 Å². The highest BCUT2D eigenvalue weighted by Crippen LogP contribution is 2.20. The molecule has 0 amide bonds.